The molecule has 0 unspecified atom stereocenters. The van der Waals surface area contributed by atoms with Crippen LogP contribution in [0.4, 0.5) is 0 Å². The molecule has 4 heteroatoms. The molecule has 2 amide bonds. The molecule has 112 valence electrons. The van der Waals surface area contributed by atoms with E-state index in [-0.39, 0.29) is 0 Å². The molecule has 0 atom stereocenters. The van der Waals surface area contributed by atoms with Gasteiger partial charge in [0.05, 0.1) is 0 Å². The highest BCUT2D eigenvalue weighted by Crippen LogP contribution is 2.27. The van der Waals surface area contributed by atoms with Crippen LogP contribution in [0.25, 0.3) is 0 Å². The first-order chi connectivity index (χ1) is 9.97. The van der Waals surface area contributed by atoms with E-state index in [1.165, 1.54) is 6.07 Å². The minimum atomic E-state index is -0.553. The molecule has 0 saturated heterocycles. The average molecular weight is 286 g/mol. The molecule has 0 heterocycles. The van der Waals surface area contributed by atoms with Gasteiger partial charge >= 0.3 is 0 Å². The Bertz CT molecular complexity index is 556. The van der Waals surface area contributed by atoms with Crippen LogP contribution in [0.15, 0.2) is 6.07 Å². The van der Waals surface area contributed by atoms with Crippen molar-refractivity contribution in [1.82, 2.24) is 0 Å². The highest BCUT2D eigenvalue weighted by atomic mass is 16.1. The molecule has 0 spiro atoms. The Morgan fingerprint density at radius 2 is 1.43 bits per heavy atom. The van der Waals surface area contributed by atoms with Gasteiger partial charge in [0.2, 0.25) is 11.8 Å². The summed E-state index contributed by atoms with van der Waals surface area (Å²) in [6, 6.07) is 1.53. The lowest BCUT2D eigenvalue weighted by molar-refractivity contribution is 0.0998. The summed E-state index contributed by atoms with van der Waals surface area (Å²) < 4.78 is 0. The Morgan fingerprint density at radius 1 is 1.00 bits per heavy atom. The summed E-state index contributed by atoms with van der Waals surface area (Å²) in [4.78, 5) is 23.4. The van der Waals surface area contributed by atoms with Crippen LogP contribution < -0.4 is 11.5 Å². The number of terminal acetylenes is 1. The summed E-state index contributed by atoms with van der Waals surface area (Å²) in [7, 11) is 0. The lowest BCUT2D eigenvalue weighted by atomic mass is 9.85. The number of carbonyl (C=O) groups is 2. The maximum absolute atomic E-state index is 11.7. The fourth-order valence-corrected chi connectivity index (χ4v) is 2.65. The predicted octanol–water partition coefficient (Wildman–Crippen LogP) is 1.97. The second-order valence-corrected chi connectivity index (χ2v) is 5.02. The summed E-state index contributed by atoms with van der Waals surface area (Å²) in [6.07, 6.45) is 8.95. The molecular formula is C17H22N2O2. The molecule has 21 heavy (non-hydrogen) atoms. The Kier molecular flexibility index (Phi) is 5.98. The molecular weight excluding hydrogens is 264 g/mol. The first-order valence-corrected chi connectivity index (χ1v) is 7.18. The third-order valence-corrected chi connectivity index (χ3v) is 3.48. The fourth-order valence-electron chi connectivity index (χ4n) is 2.65. The molecule has 1 aromatic carbocycles. The van der Waals surface area contributed by atoms with Gasteiger partial charge in [-0.3, -0.25) is 9.59 Å². The van der Waals surface area contributed by atoms with Crippen molar-refractivity contribution in [2.24, 2.45) is 11.5 Å². The van der Waals surface area contributed by atoms with Gasteiger partial charge in [-0.25, -0.2) is 0 Å². The van der Waals surface area contributed by atoms with E-state index in [4.69, 9.17) is 17.9 Å². The highest BCUT2D eigenvalue weighted by molar-refractivity contribution is 6.01. The van der Waals surface area contributed by atoms with Crippen LogP contribution in [0, 0.1) is 12.3 Å². The van der Waals surface area contributed by atoms with E-state index in [0.717, 1.165) is 29.5 Å². The van der Waals surface area contributed by atoms with Crippen LogP contribution in [0.3, 0.4) is 0 Å². The van der Waals surface area contributed by atoms with Crippen molar-refractivity contribution in [3.05, 3.63) is 33.9 Å². The number of primary amides is 2. The van der Waals surface area contributed by atoms with Crippen molar-refractivity contribution in [3.63, 3.8) is 0 Å². The summed E-state index contributed by atoms with van der Waals surface area (Å²) in [5.74, 6) is 1.50. The third kappa shape index (κ3) is 3.63. The number of hydrogen-bond acceptors (Lipinski definition) is 2. The normalized spacial score (nSPS) is 10.1. The molecule has 0 bridgehead atoms. The number of amides is 2. The monoisotopic (exact) mass is 286 g/mol. The standard InChI is InChI=1S/C17H22N2O2/c1-4-7-11-12(8-5-2)14(16(18)20)10-15(17(19)21)13(11)9-6-3/h1,10H,5-9H2,2-3H3,(H2,18,20)(H2,19,21). The van der Waals surface area contributed by atoms with E-state index in [0.29, 0.717) is 30.4 Å². The van der Waals surface area contributed by atoms with E-state index < -0.39 is 11.8 Å². The summed E-state index contributed by atoms with van der Waals surface area (Å²) in [5, 5.41) is 0. The van der Waals surface area contributed by atoms with Gasteiger partial charge in [-0.2, -0.15) is 0 Å². The van der Waals surface area contributed by atoms with Crippen LogP contribution >= 0.6 is 0 Å². The number of nitrogens with two attached hydrogens (primary N) is 2. The van der Waals surface area contributed by atoms with Gasteiger partial charge in [0, 0.05) is 17.5 Å². The van der Waals surface area contributed by atoms with Crippen molar-refractivity contribution in [1.29, 1.82) is 0 Å². The second kappa shape index (κ2) is 7.49. The third-order valence-electron chi connectivity index (χ3n) is 3.48. The molecule has 0 aromatic heterocycles. The lowest BCUT2D eigenvalue weighted by Gasteiger charge is -2.19. The van der Waals surface area contributed by atoms with Crippen molar-refractivity contribution in [2.75, 3.05) is 0 Å². The molecule has 0 aliphatic rings. The quantitative estimate of drug-likeness (QED) is 0.751. The zero-order valence-electron chi connectivity index (χ0n) is 12.7. The van der Waals surface area contributed by atoms with Gasteiger partial charge in [-0.1, -0.05) is 26.7 Å². The maximum Gasteiger partial charge on any atom is 0.249 e. The molecule has 1 aromatic rings. The van der Waals surface area contributed by atoms with Crippen molar-refractivity contribution in [3.8, 4) is 12.3 Å². The maximum atomic E-state index is 11.7. The predicted molar refractivity (Wildman–Crippen MR) is 84.0 cm³/mol. The number of hydrogen-bond donors (Lipinski definition) is 2. The molecule has 0 aliphatic heterocycles. The largest absolute Gasteiger partial charge is 0.366 e. The topological polar surface area (TPSA) is 86.2 Å². The molecule has 4 N–H and O–H groups in total. The van der Waals surface area contributed by atoms with Crippen molar-refractivity contribution in [2.45, 2.75) is 46.0 Å². The van der Waals surface area contributed by atoms with Crippen LogP contribution in [0.1, 0.15) is 64.1 Å². The highest BCUT2D eigenvalue weighted by Gasteiger charge is 2.21. The second-order valence-electron chi connectivity index (χ2n) is 5.02. The van der Waals surface area contributed by atoms with E-state index >= 15 is 0 Å². The molecule has 0 aliphatic carbocycles. The Balaban J connectivity index is 3.74. The summed E-state index contributed by atoms with van der Waals surface area (Å²) in [6.45, 7) is 4.04. The first kappa shape index (κ1) is 16.8. The van der Waals surface area contributed by atoms with E-state index in [9.17, 15) is 9.59 Å². The van der Waals surface area contributed by atoms with Crippen LogP contribution in [-0.2, 0) is 19.3 Å². The van der Waals surface area contributed by atoms with Gasteiger partial charge in [-0.05, 0) is 35.6 Å². The molecule has 0 fully saturated rings. The van der Waals surface area contributed by atoms with Crippen LogP contribution in [0.2, 0.25) is 0 Å². The van der Waals surface area contributed by atoms with Crippen LogP contribution in [0.5, 0.6) is 0 Å². The minimum absolute atomic E-state index is 0.357. The van der Waals surface area contributed by atoms with Gasteiger partial charge in [0.15, 0.2) is 0 Å². The van der Waals surface area contributed by atoms with E-state index in [2.05, 4.69) is 5.92 Å². The van der Waals surface area contributed by atoms with Gasteiger partial charge < -0.3 is 11.5 Å². The van der Waals surface area contributed by atoms with E-state index in [1.807, 2.05) is 13.8 Å². The molecule has 4 nitrogen and oxygen atoms in total. The van der Waals surface area contributed by atoms with Crippen LogP contribution in [-0.4, -0.2) is 11.8 Å². The van der Waals surface area contributed by atoms with Gasteiger partial charge in [0.1, 0.15) is 0 Å². The Morgan fingerprint density at radius 3 is 1.71 bits per heavy atom. The van der Waals surface area contributed by atoms with Crippen molar-refractivity contribution < 1.29 is 9.59 Å². The fraction of sp³-hybridized carbons (Fsp3) is 0.412. The van der Waals surface area contributed by atoms with E-state index in [1.54, 1.807) is 0 Å². The summed E-state index contributed by atoms with van der Waals surface area (Å²) in [5.41, 5.74) is 14.2. The lowest BCUT2D eigenvalue weighted by Crippen LogP contribution is -2.22. The number of rotatable bonds is 7. The number of benzene rings is 1. The zero-order chi connectivity index (χ0) is 16.0. The zero-order valence-corrected chi connectivity index (χ0v) is 12.7. The smallest absolute Gasteiger partial charge is 0.249 e. The molecule has 0 radical (unpaired) electrons. The summed E-state index contributed by atoms with van der Waals surface area (Å²) >= 11 is 0. The number of carbonyl (C=O) groups excluding carboxylic acids is 2. The molecule has 1 rings (SSSR count). The SMILES string of the molecule is C#CCc1c(CCC)c(C(N)=O)cc(C(N)=O)c1CCC. The Hall–Kier alpha value is -2.28. The molecule has 0 saturated carbocycles. The average Bonchev–Trinajstić information content (AvgIpc) is 2.42. The van der Waals surface area contributed by atoms with Gasteiger partial charge in [-0.15, -0.1) is 12.3 Å². The van der Waals surface area contributed by atoms with Gasteiger partial charge in [0.25, 0.3) is 0 Å². The first-order valence-electron chi connectivity index (χ1n) is 7.18. The Labute approximate surface area is 125 Å². The van der Waals surface area contributed by atoms with Crippen molar-refractivity contribution >= 4 is 11.8 Å². The minimum Gasteiger partial charge on any atom is -0.366 e.